The quantitative estimate of drug-likeness (QED) is 0.774. The molecule has 1 N–H and O–H groups in total. The van der Waals surface area contributed by atoms with E-state index in [1.807, 2.05) is 0 Å². The van der Waals surface area contributed by atoms with E-state index < -0.39 is 0 Å². The molecule has 2 fully saturated rings. The Labute approximate surface area is 108 Å². The highest BCUT2D eigenvalue weighted by atomic mass is 14.9. The first kappa shape index (κ1) is 13.4. The Morgan fingerprint density at radius 3 is 2.41 bits per heavy atom. The first-order valence-electron chi connectivity index (χ1n) is 7.95. The Hall–Kier alpha value is -0.0400. The van der Waals surface area contributed by atoms with Gasteiger partial charge in [-0.25, -0.2) is 0 Å². The van der Waals surface area contributed by atoms with E-state index in [2.05, 4.69) is 26.1 Å². The highest BCUT2D eigenvalue weighted by Crippen LogP contribution is 2.42. The Bertz CT molecular complexity index is 224. The molecule has 1 nitrogen and oxygen atoms in total. The average Bonchev–Trinajstić information content (AvgIpc) is 2.34. The smallest absolute Gasteiger partial charge is 0.00978 e. The second kappa shape index (κ2) is 6.22. The summed E-state index contributed by atoms with van der Waals surface area (Å²) in [6.45, 7) is 8.34. The van der Waals surface area contributed by atoms with Crippen molar-refractivity contribution in [3.8, 4) is 0 Å². The Kier molecular flexibility index (Phi) is 4.90. The molecule has 0 aliphatic heterocycles. The molecule has 0 heterocycles. The van der Waals surface area contributed by atoms with Crippen molar-refractivity contribution in [2.45, 2.75) is 71.8 Å². The molecule has 2 saturated carbocycles. The molecular weight excluding hydrogens is 206 g/mol. The van der Waals surface area contributed by atoms with Gasteiger partial charge in [0.25, 0.3) is 0 Å². The van der Waals surface area contributed by atoms with Crippen LogP contribution in [0.25, 0.3) is 0 Å². The Morgan fingerprint density at radius 2 is 1.71 bits per heavy atom. The fourth-order valence-electron chi connectivity index (χ4n) is 4.22. The lowest BCUT2D eigenvalue weighted by atomic mass is 9.66. The van der Waals surface area contributed by atoms with Gasteiger partial charge in [0.1, 0.15) is 0 Å². The van der Waals surface area contributed by atoms with Crippen LogP contribution in [-0.4, -0.2) is 12.6 Å². The van der Waals surface area contributed by atoms with Crippen molar-refractivity contribution in [1.82, 2.24) is 5.32 Å². The summed E-state index contributed by atoms with van der Waals surface area (Å²) >= 11 is 0. The summed E-state index contributed by atoms with van der Waals surface area (Å²) in [4.78, 5) is 0. The van der Waals surface area contributed by atoms with E-state index >= 15 is 0 Å². The fraction of sp³-hybridized carbons (Fsp3) is 1.00. The third kappa shape index (κ3) is 3.24. The predicted molar refractivity (Wildman–Crippen MR) is 75.1 cm³/mol. The van der Waals surface area contributed by atoms with Crippen LogP contribution in [0.1, 0.15) is 65.7 Å². The van der Waals surface area contributed by atoms with E-state index in [-0.39, 0.29) is 0 Å². The van der Waals surface area contributed by atoms with E-state index in [4.69, 9.17) is 0 Å². The van der Waals surface area contributed by atoms with Gasteiger partial charge < -0.3 is 5.32 Å². The van der Waals surface area contributed by atoms with Crippen molar-refractivity contribution in [1.29, 1.82) is 0 Å². The topological polar surface area (TPSA) is 12.0 Å². The molecule has 0 radical (unpaired) electrons. The lowest BCUT2D eigenvalue weighted by Crippen LogP contribution is -2.43. The summed E-state index contributed by atoms with van der Waals surface area (Å²) in [6.07, 6.45) is 10.3. The van der Waals surface area contributed by atoms with Gasteiger partial charge in [0.05, 0.1) is 0 Å². The zero-order valence-corrected chi connectivity index (χ0v) is 12.0. The second-order valence-corrected chi connectivity index (χ2v) is 6.64. The van der Waals surface area contributed by atoms with Crippen LogP contribution in [0.2, 0.25) is 0 Å². The van der Waals surface area contributed by atoms with Crippen LogP contribution in [0.15, 0.2) is 0 Å². The monoisotopic (exact) mass is 237 g/mol. The van der Waals surface area contributed by atoms with Gasteiger partial charge in [-0.2, -0.15) is 0 Å². The van der Waals surface area contributed by atoms with Crippen LogP contribution >= 0.6 is 0 Å². The van der Waals surface area contributed by atoms with Crippen LogP contribution in [0.5, 0.6) is 0 Å². The van der Waals surface area contributed by atoms with Gasteiger partial charge in [0.2, 0.25) is 0 Å². The third-order valence-corrected chi connectivity index (χ3v) is 5.53. The molecule has 5 atom stereocenters. The third-order valence-electron chi connectivity index (χ3n) is 5.53. The van der Waals surface area contributed by atoms with E-state index in [1.165, 1.54) is 44.9 Å². The standard InChI is InChI=1S/C16H31N/c1-4-17-16-8-6-5-7-15(16)14-10-9-12(2)13(3)11-14/h12-17H,4-11H2,1-3H3. The van der Waals surface area contributed by atoms with Gasteiger partial charge in [-0.15, -0.1) is 0 Å². The summed E-state index contributed by atoms with van der Waals surface area (Å²) in [7, 11) is 0. The fourth-order valence-corrected chi connectivity index (χ4v) is 4.22. The summed E-state index contributed by atoms with van der Waals surface area (Å²) in [6, 6.07) is 0.833. The highest BCUT2D eigenvalue weighted by molar-refractivity contribution is 4.88. The normalized spacial score (nSPS) is 43.6. The van der Waals surface area contributed by atoms with Crippen molar-refractivity contribution >= 4 is 0 Å². The SMILES string of the molecule is CCNC1CCCCC1C1CCC(C)C(C)C1. The van der Waals surface area contributed by atoms with Crippen LogP contribution in [-0.2, 0) is 0 Å². The maximum Gasteiger partial charge on any atom is 0.00978 e. The number of hydrogen-bond acceptors (Lipinski definition) is 1. The average molecular weight is 237 g/mol. The molecule has 2 aliphatic carbocycles. The largest absolute Gasteiger partial charge is 0.314 e. The van der Waals surface area contributed by atoms with Gasteiger partial charge >= 0.3 is 0 Å². The molecular formula is C16H31N. The molecule has 0 bridgehead atoms. The molecule has 17 heavy (non-hydrogen) atoms. The first-order chi connectivity index (χ1) is 8.22. The minimum absolute atomic E-state index is 0.833. The number of rotatable bonds is 3. The molecule has 0 aromatic heterocycles. The molecule has 0 saturated heterocycles. The molecule has 0 spiro atoms. The lowest BCUT2D eigenvalue weighted by Gasteiger charge is -2.42. The predicted octanol–water partition coefficient (Wildman–Crippen LogP) is 4.23. The van der Waals surface area contributed by atoms with Crippen molar-refractivity contribution in [2.24, 2.45) is 23.7 Å². The summed E-state index contributed by atoms with van der Waals surface area (Å²) in [5, 5.41) is 3.76. The molecule has 0 aromatic rings. The maximum absolute atomic E-state index is 3.76. The van der Waals surface area contributed by atoms with Crippen LogP contribution in [0.3, 0.4) is 0 Å². The minimum atomic E-state index is 0.833. The first-order valence-corrected chi connectivity index (χ1v) is 7.95. The molecule has 0 amide bonds. The van der Waals surface area contributed by atoms with E-state index in [1.54, 1.807) is 0 Å². The molecule has 0 aromatic carbocycles. The van der Waals surface area contributed by atoms with E-state index in [0.717, 1.165) is 36.3 Å². The van der Waals surface area contributed by atoms with E-state index in [0.29, 0.717) is 0 Å². The van der Waals surface area contributed by atoms with Gasteiger partial charge in [0, 0.05) is 6.04 Å². The van der Waals surface area contributed by atoms with Gasteiger partial charge in [-0.05, 0) is 55.9 Å². The van der Waals surface area contributed by atoms with Gasteiger partial charge in [0.15, 0.2) is 0 Å². The zero-order chi connectivity index (χ0) is 12.3. The Morgan fingerprint density at radius 1 is 0.941 bits per heavy atom. The molecule has 2 rings (SSSR count). The number of nitrogens with one attached hydrogen (secondary N) is 1. The van der Waals surface area contributed by atoms with Crippen LogP contribution < -0.4 is 5.32 Å². The summed E-state index contributed by atoms with van der Waals surface area (Å²) in [5.41, 5.74) is 0. The van der Waals surface area contributed by atoms with Crippen molar-refractivity contribution in [2.75, 3.05) is 6.54 Å². The molecule has 2 aliphatic rings. The minimum Gasteiger partial charge on any atom is -0.314 e. The van der Waals surface area contributed by atoms with Crippen molar-refractivity contribution in [3.63, 3.8) is 0 Å². The summed E-state index contributed by atoms with van der Waals surface area (Å²) in [5.74, 6) is 3.93. The zero-order valence-electron chi connectivity index (χ0n) is 12.0. The second-order valence-electron chi connectivity index (χ2n) is 6.64. The van der Waals surface area contributed by atoms with Gasteiger partial charge in [-0.3, -0.25) is 0 Å². The molecule has 1 heteroatoms. The van der Waals surface area contributed by atoms with Crippen LogP contribution in [0.4, 0.5) is 0 Å². The highest BCUT2D eigenvalue weighted by Gasteiger charge is 2.35. The van der Waals surface area contributed by atoms with Crippen molar-refractivity contribution < 1.29 is 0 Å². The van der Waals surface area contributed by atoms with Crippen molar-refractivity contribution in [3.05, 3.63) is 0 Å². The summed E-state index contributed by atoms with van der Waals surface area (Å²) < 4.78 is 0. The maximum atomic E-state index is 3.76. The molecule has 5 unspecified atom stereocenters. The van der Waals surface area contributed by atoms with E-state index in [9.17, 15) is 0 Å². The van der Waals surface area contributed by atoms with Gasteiger partial charge in [-0.1, -0.05) is 40.0 Å². The molecule has 100 valence electrons. The number of hydrogen-bond donors (Lipinski definition) is 1. The Balaban J connectivity index is 1.94. The lowest BCUT2D eigenvalue weighted by molar-refractivity contribution is 0.106. The van der Waals surface area contributed by atoms with Crippen LogP contribution in [0, 0.1) is 23.7 Å².